The summed E-state index contributed by atoms with van der Waals surface area (Å²) in [7, 11) is 0. The van der Waals surface area contributed by atoms with E-state index in [1.165, 1.54) is 89.0 Å². The van der Waals surface area contributed by atoms with E-state index in [0.717, 1.165) is 81.0 Å². The number of benzene rings is 11. The van der Waals surface area contributed by atoms with E-state index in [-0.39, 0.29) is 89.5 Å². The first-order valence-corrected chi connectivity index (χ1v) is 30.8. The molecule has 4 radical (unpaired) electrons. The van der Waals surface area contributed by atoms with Gasteiger partial charge in [-0.2, -0.15) is 0 Å². The van der Waals surface area contributed by atoms with Gasteiger partial charge >= 0.3 is 0 Å². The van der Waals surface area contributed by atoms with Crippen molar-refractivity contribution in [2.75, 3.05) is 0 Å². The monoisotopic (exact) mass is 1990 g/mol. The standard InChI is InChI=1S/C15H10N4.4C15H9.C11H8N4.4Au/c1-3-7-14-12(5-1)16-9-18(14)11-19-10-17-13-6-2-4-8-15(13)19;1-2-11-7-8-15-13(9-11)10-12-5-3-4-6-14(12)15;3*1-2-11-7-8-13-10-12-5-3-4-6-14(12)15(13)9-11;1-2-4-11-10(3-1)13-8-15(11)9-14-6-5-12-7-14;;;;/h1-8H,11H2;4*3-9H,10H2;1-6H,9H2;;;;/q-2;4*-1;-2;;;;. The smallest absolute Gasteiger partial charge is 0.0563 e. The van der Waals surface area contributed by atoms with Crippen LogP contribution in [-0.4, -0.2) is 38.2 Å². The topological polar surface area (TPSA) is 71.3 Å². The van der Waals surface area contributed by atoms with Crippen LogP contribution in [0.5, 0.6) is 0 Å². The Morgan fingerprint density at radius 2 is 0.592 bits per heavy atom. The number of fused-ring (bicyclic) bond motifs is 15. The Hall–Kier alpha value is -9.76. The second kappa shape index (κ2) is 33.0. The molecule has 490 valence electrons. The minimum atomic E-state index is 0. The van der Waals surface area contributed by atoms with Gasteiger partial charge in [-0.05, 0) is 109 Å². The van der Waals surface area contributed by atoms with Crippen molar-refractivity contribution in [3.8, 4) is 68.2 Å². The van der Waals surface area contributed by atoms with Crippen LogP contribution in [0.25, 0.3) is 77.6 Å². The van der Waals surface area contributed by atoms with Gasteiger partial charge in [0.1, 0.15) is 0 Å². The Labute approximate surface area is 634 Å². The van der Waals surface area contributed by atoms with E-state index in [1.807, 2.05) is 140 Å². The fraction of sp³-hybridized carbons (Fsp3) is 0.0698. The van der Waals surface area contributed by atoms with Crippen LogP contribution in [0.3, 0.4) is 0 Å². The molecule has 12 heteroatoms. The van der Waals surface area contributed by atoms with Gasteiger partial charge in [0.15, 0.2) is 0 Å². The van der Waals surface area contributed by atoms with Gasteiger partial charge in [0.2, 0.25) is 0 Å². The molecule has 0 aliphatic heterocycles. The molecule has 19 rings (SSSR count). The Balaban J connectivity index is 0.000000127. The summed E-state index contributed by atoms with van der Waals surface area (Å²) in [6, 6.07) is 82.3. The molecule has 0 amide bonds. The molecule has 15 aromatic rings. The fourth-order valence-electron chi connectivity index (χ4n) is 12.6. The van der Waals surface area contributed by atoms with Gasteiger partial charge in [0.05, 0.1) is 13.3 Å². The normalized spacial score (nSPS) is 11.0. The largest absolute Gasteiger partial charge is 0.439 e. The second-order valence-corrected chi connectivity index (χ2v) is 23.0. The molecule has 4 aromatic heterocycles. The van der Waals surface area contributed by atoms with E-state index < -0.39 is 0 Å². The van der Waals surface area contributed by atoms with Crippen LogP contribution in [0.15, 0.2) is 255 Å². The molecule has 0 saturated carbocycles. The number of hydrogen-bond donors (Lipinski definition) is 0. The molecule has 0 saturated heterocycles. The molecule has 98 heavy (non-hydrogen) atoms. The minimum Gasteiger partial charge on any atom is -0.439 e. The molecule has 0 fully saturated rings. The van der Waals surface area contributed by atoms with Crippen molar-refractivity contribution in [3.05, 3.63) is 373 Å². The minimum absolute atomic E-state index is 0. The summed E-state index contributed by atoms with van der Waals surface area (Å²) in [5.41, 5.74) is 30.8. The van der Waals surface area contributed by atoms with Crippen molar-refractivity contribution in [1.82, 2.24) is 38.2 Å². The predicted octanol–water partition coefficient (Wildman–Crippen LogP) is 16.6. The molecule has 0 unspecified atom stereocenters. The van der Waals surface area contributed by atoms with Crippen molar-refractivity contribution in [1.29, 1.82) is 0 Å². The van der Waals surface area contributed by atoms with Crippen LogP contribution in [0.1, 0.15) is 66.8 Å². The molecule has 4 aliphatic carbocycles. The second-order valence-electron chi connectivity index (χ2n) is 23.0. The molecule has 8 nitrogen and oxygen atoms in total. The van der Waals surface area contributed by atoms with E-state index in [0.29, 0.717) is 13.3 Å². The number of hydrogen-bond acceptors (Lipinski definition) is 4. The number of nitrogens with zero attached hydrogens (tertiary/aromatic N) is 8. The van der Waals surface area contributed by atoms with Crippen molar-refractivity contribution in [2.45, 2.75) is 39.0 Å². The third-order valence-corrected chi connectivity index (χ3v) is 17.2. The summed E-state index contributed by atoms with van der Waals surface area (Å²) in [6.45, 7) is 1.25. The van der Waals surface area contributed by atoms with Crippen LogP contribution < -0.4 is 0 Å². The summed E-state index contributed by atoms with van der Waals surface area (Å²) in [5.74, 6) is 9.75. The van der Waals surface area contributed by atoms with Crippen molar-refractivity contribution in [2.24, 2.45) is 0 Å². The van der Waals surface area contributed by atoms with Gasteiger partial charge in [-0.3, -0.25) is 23.7 Å². The molecular formula is C86H54Au4N8-8. The zero-order chi connectivity index (χ0) is 63.7. The first kappa shape index (κ1) is 71.0. The van der Waals surface area contributed by atoms with Gasteiger partial charge in [-0.25, -0.2) is 0 Å². The zero-order valence-electron chi connectivity index (χ0n) is 52.3. The van der Waals surface area contributed by atoms with Crippen LogP contribution in [0, 0.1) is 74.7 Å². The van der Waals surface area contributed by atoms with Gasteiger partial charge < -0.3 is 63.9 Å². The SMILES string of the molecule is [Au].[Au].[Au].[Au].[C-]#Cc1ccc2c(c1)-c1ccccc1C2.[C-]#Cc1ccc2c(c1)-c1ccccc1C2.[C-]#Cc1ccc2c(c1)-c1ccccc1C2.[C-]#Cc1ccc2c(c1)Cc1ccccc1-2.[c-]1nc2ccccc2n1Cn1[c-]nc2ccccc21.[c-]1nccn1Cn1[c-]nc2ccccc21. The predicted molar refractivity (Wildman–Crippen MR) is 371 cm³/mol. The van der Waals surface area contributed by atoms with Crippen LogP contribution in [0.4, 0.5) is 0 Å². The fourth-order valence-corrected chi connectivity index (χ4v) is 12.6. The molecule has 11 aromatic carbocycles. The van der Waals surface area contributed by atoms with Crippen molar-refractivity contribution < 1.29 is 89.5 Å². The molecule has 0 atom stereocenters. The van der Waals surface area contributed by atoms with E-state index >= 15 is 0 Å². The van der Waals surface area contributed by atoms with Gasteiger partial charge in [0.25, 0.3) is 0 Å². The molecule has 0 N–H and O–H groups in total. The maximum Gasteiger partial charge on any atom is 0.0563 e. The number of aromatic nitrogens is 8. The van der Waals surface area contributed by atoms with Crippen molar-refractivity contribution >= 4 is 33.1 Å². The molecule has 0 bridgehead atoms. The number of imidazole rings is 4. The van der Waals surface area contributed by atoms with Crippen LogP contribution >= 0.6 is 0 Å². The van der Waals surface area contributed by atoms with Gasteiger partial charge in [0, 0.05) is 115 Å². The molecule has 4 aliphatic rings. The van der Waals surface area contributed by atoms with Crippen molar-refractivity contribution in [3.63, 3.8) is 0 Å². The van der Waals surface area contributed by atoms with Gasteiger partial charge in [-0.15, -0.1) is 120 Å². The van der Waals surface area contributed by atoms with E-state index in [4.69, 9.17) is 25.7 Å². The van der Waals surface area contributed by atoms with Crippen LogP contribution in [-0.2, 0) is 129 Å². The molecule has 4 heterocycles. The third kappa shape index (κ3) is 15.5. The summed E-state index contributed by atoms with van der Waals surface area (Å²) >= 11 is 0. The first-order chi connectivity index (χ1) is 46.4. The maximum atomic E-state index is 7.14. The Bertz CT molecular complexity index is 5170. The first-order valence-electron chi connectivity index (χ1n) is 30.8. The average Bonchev–Trinajstić information content (AvgIpc) is 1.68. The van der Waals surface area contributed by atoms with E-state index in [9.17, 15) is 0 Å². The average molecular weight is 1990 g/mol. The summed E-state index contributed by atoms with van der Waals surface area (Å²) < 4.78 is 7.73. The summed E-state index contributed by atoms with van der Waals surface area (Å²) in [6.07, 6.45) is 48.0. The summed E-state index contributed by atoms with van der Waals surface area (Å²) in [5, 5.41) is 0. The third-order valence-electron chi connectivity index (χ3n) is 17.2. The Kier molecular flexibility index (Phi) is 23.9. The Morgan fingerprint density at radius 1 is 0.296 bits per heavy atom. The maximum absolute atomic E-state index is 7.14. The van der Waals surface area contributed by atoms with E-state index in [1.54, 1.807) is 6.20 Å². The molecule has 0 spiro atoms. The zero-order valence-corrected chi connectivity index (χ0v) is 60.9. The quantitative estimate of drug-likeness (QED) is 0.1000. The Morgan fingerprint density at radius 3 is 0.959 bits per heavy atom. The number of para-hydroxylation sites is 6. The molecular weight excluding hydrogens is 1930 g/mol. The summed E-state index contributed by atoms with van der Waals surface area (Å²) in [4.78, 5) is 16.6. The van der Waals surface area contributed by atoms with E-state index in [2.05, 4.69) is 196 Å². The number of rotatable bonds is 4. The van der Waals surface area contributed by atoms with Crippen LogP contribution in [0.2, 0.25) is 0 Å². The van der Waals surface area contributed by atoms with Gasteiger partial charge in [-0.1, -0.05) is 196 Å².